The molecule has 0 atom stereocenters. The third-order valence-corrected chi connectivity index (χ3v) is 1.71. The van der Waals surface area contributed by atoms with Crippen molar-refractivity contribution in [2.45, 2.75) is 13.2 Å². The maximum atomic E-state index is 10.3. The predicted molar refractivity (Wildman–Crippen MR) is 43.7 cm³/mol. The average Bonchev–Trinajstić information content (AvgIpc) is 2.16. The molecule has 0 bridgehead atoms. The Kier molecular flexibility index (Phi) is 2.96. The number of carbonyl (C=O) groups is 1. The molecule has 64 valence electrons. The molecule has 0 saturated heterocycles. The van der Waals surface area contributed by atoms with Gasteiger partial charge in [0.25, 0.3) is 0 Å². The van der Waals surface area contributed by atoms with Crippen LogP contribution in [0.2, 0.25) is 0 Å². The van der Waals surface area contributed by atoms with Crippen LogP contribution in [0.25, 0.3) is 0 Å². The highest BCUT2D eigenvalue weighted by Gasteiger charge is 2.00. The van der Waals surface area contributed by atoms with Gasteiger partial charge in [-0.15, -0.1) is 0 Å². The summed E-state index contributed by atoms with van der Waals surface area (Å²) in [5.41, 5.74) is 1.77. The van der Waals surface area contributed by atoms with Crippen molar-refractivity contribution >= 4 is 6.29 Å². The van der Waals surface area contributed by atoms with E-state index in [4.69, 9.17) is 10.2 Å². The number of hydrogen-bond donors (Lipinski definition) is 2. The van der Waals surface area contributed by atoms with E-state index in [1.807, 2.05) is 0 Å². The minimum Gasteiger partial charge on any atom is -0.392 e. The molecule has 1 rings (SSSR count). The Morgan fingerprint density at radius 3 is 2.33 bits per heavy atom. The van der Waals surface area contributed by atoms with Crippen LogP contribution in [0.4, 0.5) is 0 Å². The van der Waals surface area contributed by atoms with Crippen molar-refractivity contribution in [3.05, 3.63) is 34.9 Å². The molecule has 0 heterocycles. The number of aliphatic hydroxyl groups is 2. The summed E-state index contributed by atoms with van der Waals surface area (Å²) in [5, 5.41) is 17.7. The topological polar surface area (TPSA) is 57.5 Å². The zero-order valence-corrected chi connectivity index (χ0v) is 6.53. The predicted octanol–water partition coefficient (Wildman–Crippen LogP) is 0.484. The van der Waals surface area contributed by atoms with Crippen LogP contribution >= 0.6 is 0 Å². The first-order valence-electron chi connectivity index (χ1n) is 3.60. The first-order valence-corrected chi connectivity index (χ1v) is 3.60. The molecule has 0 amide bonds. The third-order valence-electron chi connectivity index (χ3n) is 1.71. The minimum absolute atomic E-state index is 0.116. The quantitative estimate of drug-likeness (QED) is 0.642. The van der Waals surface area contributed by atoms with E-state index in [0.29, 0.717) is 23.0 Å². The summed E-state index contributed by atoms with van der Waals surface area (Å²) in [6.07, 6.45) is 0.709. The summed E-state index contributed by atoms with van der Waals surface area (Å²) in [4.78, 5) is 10.3. The molecule has 0 aliphatic carbocycles. The van der Waals surface area contributed by atoms with Gasteiger partial charge in [0.1, 0.15) is 6.29 Å². The van der Waals surface area contributed by atoms with E-state index < -0.39 is 0 Å². The van der Waals surface area contributed by atoms with Gasteiger partial charge in [0.15, 0.2) is 0 Å². The largest absolute Gasteiger partial charge is 0.392 e. The van der Waals surface area contributed by atoms with Gasteiger partial charge in [-0.25, -0.2) is 0 Å². The number of aliphatic hydroxyl groups excluding tert-OH is 2. The maximum Gasteiger partial charge on any atom is 0.150 e. The van der Waals surface area contributed by atoms with E-state index in [1.165, 1.54) is 0 Å². The average molecular weight is 166 g/mol. The molecule has 0 unspecified atom stereocenters. The van der Waals surface area contributed by atoms with Gasteiger partial charge in [0.05, 0.1) is 13.2 Å². The first-order chi connectivity index (χ1) is 5.81. The lowest BCUT2D eigenvalue weighted by Crippen LogP contribution is -1.95. The molecule has 0 aliphatic heterocycles. The van der Waals surface area contributed by atoms with Crippen LogP contribution in [-0.4, -0.2) is 16.5 Å². The van der Waals surface area contributed by atoms with E-state index in [1.54, 1.807) is 18.2 Å². The molecule has 1 aromatic rings. The van der Waals surface area contributed by atoms with E-state index >= 15 is 0 Å². The van der Waals surface area contributed by atoms with Crippen molar-refractivity contribution in [3.8, 4) is 0 Å². The van der Waals surface area contributed by atoms with Crippen molar-refractivity contribution in [2.75, 3.05) is 0 Å². The van der Waals surface area contributed by atoms with Crippen LogP contribution in [0.1, 0.15) is 21.5 Å². The zero-order valence-electron chi connectivity index (χ0n) is 6.53. The summed E-state index contributed by atoms with van der Waals surface area (Å²) in [5.74, 6) is 0. The Morgan fingerprint density at radius 1 is 1.17 bits per heavy atom. The van der Waals surface area contributed by atoms with Gasteiger partial charge in [0.2, 0.25) is 0 Å². The molecule has 2 N–H and O–H groups in total. The molecule has 0 fully saturated rings. The lowest BCUT2D eigenvalue weighted by atomic mass is 10.1. The van der Waals surface area contributed by atoms with Crippen molar-refractivity contribution < 1.29 is 15.0 Å². The number of aldehydes is 1. The molecule has 3 heteroatoms. The summed E-state index contributed by atoms with van der Waals surface area (Å²) >= 11 is 0. The highest BCUT2D eigenvalue weighted by atomic mass is 16.3. The van der Waals surface area contributed by atoms with Gasteiger partial charge in [0, 0.05) is 5.56 Å². The fourth-order valence-corrected chi connectivity index (χ4v) is 1.02. The van der Waals surface area contributed by atoms with Gasteiger partial charge in [-0.3, -0.25) is 4.79 Å². The summed E-state index contributed by atoms with van der Waals surface area (Å²) in [7, 11) is 0. The lowest BCUT2D eigenvalue weighted by molar-refractivity contribution is 0.112. The van der Waals surface area contributed by atoms with Gasteiger partial charge in [-0.1, -0.05) is 12.1 Å². The van der Waals surface area contributed by atoms with Gasteiger partial charge < -0.3 is 10.2 Å². The van der Waals surface area contributed by atoms with Crippen molar-refractivity contribution in [1.82, 2.24) is 0 Å². The Labute approximate surface area is 70.3 Å². The number of rotatable bonds is 3. The van der Waals surface area contributed by atoms with Crippen molar-refractivity contribution in [2.24, 2.45) is 0 Å². The van der Waals surface area contributed by atoms with Crippen molar-refractivity contribution in [3.63, 3.8) is 0 Å². The first kappa shape index (κ1) is 8.90. The van der Waals surface area contributed by atoms with Crippen LogP contribution in [-0.2, 0) is 13.2 Å². The Balaban J connectivity index is 3.10. The van der Waals surface area contributed by atoms with Crippen LogP contribution in [0.15, 0.2) is 18.2 Å². The molecule has 12 heavy (non-hydrogen) atoms. The monoisotopic (exact) mass is 166 g/mol. The molecule has 1 aromatic carbocycles. The second-order valence-corrected chi connectivity index (χ2v) is 2.46. The number of hydrogen-bond acceptors (Lipinski definition) is 3. The van der Waals surface area contributed by atoms with Crippen LogP contribution < -0.4 is 0 Å². The van der Waals surface area contributed by atoms with E-state index in [-0.39, 0.29) is 13.2 Å². The van der Waals surface area contributed by atoms with Gasteiger partial charge in [-0.2, -0.15) is 0 Å². The summed E-state index contributed by atoms with van der Waals surface area (Å²) in [6.45, 7) is -0.271. The zero-order chi connectivity index (χ0) is 8.97. The van der Waals surface area contributed by atoms with Crippen LogP contribution in [0.3, 0.4) is 0 Å². The Bertz CT molecular complexity index is 281. The molecule has 0 aromatic heterocycles. The SMILES string of the molecule is O=Cc1ccc(CO)c(CO)c1. The third kappa shape index (κ3) is 1.69. The molecule has 0 aliphatic rings. The van der Waals surface area contributed by atoms with E-state index in [9.17, 15) is 4.79 Å². The number of carbonyl (C=O) groups excluding carboxylic acids is 1. The van der Waals surface area contributed by atoms with Crippen LogP contribution in [0, 0.1) is 0 Å². The smallest absolute Gasteiger partial charge is 0.150 e. The second-order valence-electron chi connectivity index (χ2n) is 2.46. The fourth-order valence-electron chi connectivity index (χ4n) is 1.02. The van der Waals surface area contributed by atoms with Gasteiger partial charge in [-0.05, 0) is 17.2 Å². The minimum atomic E-state index is -0.155. The second kappa shape index (κ2) is 3.99. The van der Waals surface area contributed by atoms with Gasteiger partial charge >= 0.3 is 0 Å². The number of benzene rings is 1. The summed E-state index contributed by atoms with van der Waals surface area (Å²) < 4.78 is 0. The fraction of sp³-hybridized carbons (Fsp3) is 0.222. The molecule has 3 nitrogen and oxygen atoms in total. The molecular weight excluding hydrogens is 156 g/mol. The molecule has 0 saturated carbocycles. The Morgan fingerprint density at radius 2 is 1.83 bits per heavy atom. The molecule has 0 radical (unpaired) electrons. The molecular formula is C9H10O3. The normalized spacial score (nSPS) is 9.83. The lowest BCUT2D eigenvalue weighted by Gasteiger charge is -2.03. The Hall–Kier alpha value is -1.19. The van der Waals surface area contributed by atoms with E-state index in [2.05, 4.69) is 0 Å². The highest BCUT2D eigenvalue weighted by molar-refractivity contribution is 5.75. The molecule has 0 spiro atoms. The van der Waals surface area contributed by atoms with Crippen LogP contribution in [0.5, 0.6) is 0 Å². The standard InChI is InChI=1S/C9H10O3/c10-4-7-1-2-8(5-11)9(3-7)6-12/h1-4,11-12H,5-6H2. The summed E-state index contributed by atoms with van der Waals surface area (Å²) in [6, 6.07) is 4.81. The highest BCUT2D eigenvalue weighted by Crippen LogP contribution is 2.10. The maximum absolute atomic E-state index is 10.3. The van der Waals surface area contributed by atoms with E-state index in [0.717, 1.165) is 0 Å². The van der Waals surface area contributed by atoms with Crippen molar-refractivity contribution in [1.29, 1.82) is 0 Å².